The summed E-state index contributed by atoms with van der Waals surface area (Å²) in [6, 6.07) is 9.05. The maximum absolute atomic E-state index is 12.0. The molecule has 1 rings (SSSR count). The van der Waals surface area contributed by atoms with Crippen LogP contribution in [0, 0.1) is 0 Å². The van der Waals surface area contributed by atoms with Crippen molar-refractivity contribution in [3.05, 3.63) is 35.9 Å². The van der Waals surface area contributed by atoms with Gasteiger partial charge in [0.1, 0.15) is 0 Å². The Kier molecular flexibility index (Phi) is 8.72. The van der Waals surface area contributed by atoms with Crippen molar-refractivity contribution in [3.8, 4) is 0 Å². The second-order valence-corrected chi connectivity index (χ2v) is 4.86. The molecule has 0 fully saturated rings. The molecule has 0 radical (unpaired) electrons. The predicted molar refractivity (Wildman–Crippen MR) is 80.6 cm³/mol. The lowest BCUT2D eigenvalue weighted by Crippen LogP contribution is -2.21. The third-order valence-electron chi connectivity index (χ3n) is 3.14. The van der Waals surface area contributed by atoms with Crippen LogP contribution in [0.3, 0.4) is 0 Å². The van der Waals surface area contributed by atoms with Crippen molar-refractivity contribution in [3.63, 3.8) is 0 Å². The van der Waals surface area contributed by atoms with Gasteiger partial charge in [-0.25, -0.2) is 4.79 Å². The van der Waals surface area contributed by atoms with Crippen LogP contribution in [-0.4, -0.2) is 18.9 Å². The maximum Gasteiger partial charge on any atom is 0.340 e. The standard InChI is InChI=1S/C17H26O3/c1-3-5-6-7-11-14-16(19-4-2)20-17(18)15-12-9-8-10-13-15/h8-10,12-13,16H,3-7,11,14H2,1-2H3. The summed E-state index contributed by atoms with van der Waals surface area (Å²) in [5.41, 5.74) is 0.572. The Bertz CT molecular complexity index is 362. The van der Waals surface area contributed by atoms with Gasteiger partial charge in [0.25, 0.3) is 0 Å². The van der Waals surface area contributed by atoms with E-state index < -0.39 is 6.29 Å². The maximum atomic E-state index is 12.0. The normalized spacial score (nSPS) is 12.1. The van der Waals surface area contributed by atoms with Crippen LogP contribution in [0.4, 0.5) is 0 Å². The second kappa shape index (κ2) is 10.4. The molecule has 1 atom stereocenters. The van der Waals surface area contributed by atoms with Gasteiger partial charge in [0, 0.05) is 13.0 Å². The van der Waals surface area contributed by atoms with Crippen LogP contribution in [0.15, 0.2) is 30.3 Å². The van der Waals surface area contributed by atoms with Crippen LogP contribution in [0.5, 0.6) is 0 Å². The van der Waals surface area contributed by atoms with Crippen LogP contribution < -0.4 is 0 Å². The van der Waals surface area contributed by atoms with E-state index in [1.165, 1.54) is 25.7 Å². The lowest BCUT2D eigenvalue weighted by atomic mass is 10.1. The van der Waals surface area contributed by atoms with Crippen LogP contribution >= 0.6 is 0 Å². The molecule has 1 unspecified atom stereocenters. The number of hydrogen-bond donors (Lipinski definition) is 0. The molecular weight excluding hydrogens is 252 g/mol. The van der Waals surface area contributed by atoms with Gasteiger partial charge in [-0.1, -0.05) is 50.8 Å². The van der Waals surface area contributed by atoms with Crippen molar-refractivity contribution in [1.82, 2.24) is 0 Å². The van der Waals surface area contributed by atoms with E-state index in [2.05, 4.69) is 6.92 Å². The first-order chi connectivity index (χ1) is 9.77. The molecule has 1 aromatic rings. The number of carbonyl (C=O) groups is 1. The van der Waals surface area contributed by atoms with Crippen molar-refractivity contribution in [2.45, 2.75) is 58.7 Å². The zero-order valence-corrected chi connectivity index (χ0v) is 12.6. The van der Waals surface area contributed by atoms with Crippen molar-refractivity contribution in [2.75, 3.05) is 6.61 Å². The van der Waals surface area contributed by atoms with Crippen molar-refractivity contribution < 1.29 is 14.3 Å². The van der Waals surface area contributed by atoms with Gasteiger partial charge in [-0.3, -0.25) is 0 Å². The summed E-state index contributed by atoms with van der Waals surface area (Å²) in [6.07, 6.45) is 6.29. The Hall–Kier alpha value is -1.35. The average molecular weight is 278 g/mol. The molecule has 3 nitrogen and oxygen atoms in total. The largest absolute Gasteiger partial charge is 0.432 e. The molecule has 0 bridgehead atoms. The highest BCUT2D eigenvalue weighted by Gasteiger charge is 2.15. The molecule has 0 saturated carbocycles. The fraction of sp³-hybridized carbons (Fsp3) is 0.588. The number of carbonyl (C=O) groups excluding carboxylic acids is 1. The Morgan fingerprint density at radius 3 is 2.40 bits per heavy atom. The van der Waals surface area contributed by atoms with Gasteiger partial charge in [-0.2, -0.15) is 0 Å². The molecule has 112 valence electrons. The molecule has 3 heteroatoms. The van der Waals surface area contributed by atoms with E-state index >= 15 is 0 Å². The summed E-state index contributed by atoms with van der Waals surface area (Å²) >= 11 is 0. The molecule has 20 heavy (non-hydrogen) atoms. The Labute approximate surface area is 122 Å². The van der Waals surface area contributed by atoms with Gasteiger partial charge < -0.3 is 9.47 Å². The van der Waals surface area contributed by atoms with Gasteiger partial charge in [-0.15, -0.1) is 0 Å². The Morgan fingerprint density at radius 1 is 1.05 bits per heavy atom. The molecule has 0 saturated heterocycles. The number of rotatable bonds is 10. The summed E-state index contributed by atoms with van der Waals surface area (Å²) in [7, 11) is 0. The lowest BCUT2D eigenvalue weighted by Gasteiger charge is -2.17. The summed E-state index contributed by atoms with van der Waals surface area (Å²) < 4.78 is 10.9. The zero-order valence-electron chi connectivity index (χ0n) is 12.6. The second-order valence-electron chi connectivity index (χ2n) is 4.86. The quantitative estimate of drug-likeness (QED) is 0.357. The number of unbranched alkanes of at least 4 members (excludes halogenated alkanes) is 4. The monoisotopic (exact) mass is 278 g/mol. The molecule has 0 amide bonds. The molecular formula is C17H26O3. The Morgan fingerprint density at radius 2 is 1.75 bits per heavy atom. The minimum absolute atomic E-state index is 0.308. The van der Waals surface area contributed by atoms with Crippen LogP contribution in [0.25, 0.3) is 0 Å². The first-order valence-electron chi connectivity index (χ1n) is 7.65. The summed E-state index contributed by atoms with van der Waals surface area (Å²) in [5.74, 6) is -0.308. The highest BCUT2D eigenvalue weighted by Crippen LogP contribution is 2.13. The molecule has 0 aliphatic carbocycles. The van der Waals surface area contributed by atoms with Gasteiger partial charge in [0.15, 0.2) is 0 Å². The molecule has 0 aliphatic heterocycles. The van der Waals surface area contributed by atoms with Crippen LogP contribution in [-0.2, 0) is 9.47 Å². The van der Waals surface area contributed by atoms with Gasteiger partial charge in [0.05, 0.1) is 5.56 Å². The van der Waals surface area contributed by atoms with E-state index in [1.54, 1.807) is 12.1 Å². The fourth-order valence-corrected chi connectivity index (χ4v) is 2.04. The van der Waals surface area contributed by atoms with E-state index in [9.17, 15) is 4.79 Å². The van der Waals surface area contributed by atoms with Gasteiger partial charge in [-0.05, 0) is 25.5 Å². The SMILES string of the molecule is CCCCCCCC(OCC)OC(=O)c1ccccc1. The smallest absolute Gasteiger partial charge is 0.340 e. The average Bonchev–Trinajstić information content (AvgIpc) is 2.48. The van der Waals surface area contributed by atoms with Gasteiger partial charge in [0.2, 0.25) is 6.29 Å². The molecule has 0 aliphatic rings. The topological polar surface area (TPSA) is 35.5 Å². The van der Waals surface area contributed by atoms with Crippen molar-refractivity contribution in [2.24, 2.45) is 0 Å². The number of benzene rings is 1. The molecule has 0 aromatic heterocycles. The summed E-state index contributed by atoms with van der Waals surface area (Å²) in [5, 5.41) is 0. The summed E-state index contributed by atoms with van der Waals surface area (Å²) in [6.45, 7) is 4.67. The fourth-order valence-electron chi connectivity index (χ4n) is 2.04. The Balaban J connectivity index is 2.36. The number of esters is 1. The molecule has 0 spiro atoms. The highest BCUT2D eigenvalue weighted by molar-refractivity contribution is 5.89. The van der Waals surface area contributed by atoms with Crippen molar-refractivity contribution in [1.29, 1.82) is 0 Å². The third-order valence-corrected chi connectivity index (χ3v) is 3.14. The first kappa shape index (κ1) is 16.7. The van der Waals surface area contributed by atoms with Gasteiger partial charge >= 0.3 is 5.97 Å². The highest BCUT2D eigenvalue weighted by atomic mass is 16.7. The lowest BCUT2D eigenvalue weighted by molar-refractivity contribution is -0.110. The van der Waals surface area contributed by atoms with E-state index in [4.69, 9.17) is 9.47 Å². The third kappa shape index (κ3) is 6.71. The molecule has 0 heterocycles. The minimum atomic E-state index is -0.422. The van der Waals surface area contributed by atoms with E-state index in [0.717, 1.165) is 12.8 Å². The van der Waals surface area contributed by atoms with Crippen molar-refractivity contribution >= 4 is 5.97 Å². The molecule has 0 N–H and O–H groups in total. The van der Waals surface area contributed by atoms with Crippen LogP contribution in [0.1, 0.15) is 62.7 Å². The first-order valence-corrected chi connectivity index (χ1v) is 7.65. The number of hydrogen-bond acceptors (Lipinski definition) is 3. The van der Waals surface area contributed by atoms with E-state index in [-0.39, 0.29) is 5.97 Å². The predicted octanol–water partition coefficient (Wildman–Crippen LogP) is 4.57. The number of ether oxygens (including phenoxy) is 2. The molecule has 1 aromatic carbocycles. The van der Waals surface area contributed by atoms with E-state index in [1.807, 2.05) is 25.1 Å². The zero-order chi connectivity index (χ0) is 14.6. The minimum Gasteiger partial charge on any atom is -0.432 e. The van der Waals surface area contributed by atoms with Crippen LogP contribution in [0.2, 0.25) is 0 Å². The van der Waals surface area contributed by atoms with E-state index in [0.29, 0.717) is 12.2 Å². The summed E-state index contributed by atoms with van der Waals surface area (Å²) in [4.78, 5) is 12.0.